The molecule has 0 amide bonds. The molecule has 0 fully saturated rings. The number of aromatic nitrogens is 3. The molecule has 0 spiro atoms. The van der Waals surface area contributed by atoms with Crippen molar-refractivity contribution in [3.63, 3.8) is 0 Å². The monoisotopic (exact) mass is 452 g/mol. The Hall–Kier alpha value is -2.80. The minimum absolute atomic E-state index is 0.0989. The van der Waals surface area contributed by atoms with Crippen LogP contribution in [0.5, 0.6) is 0 Å². The minimum Gasteiger partial charge on any atom is -0.278 e. The van der Waals surface area contributed by atoms with Crippen LogP contribution in [0.3, 0.4) is 0 Å². The van der Waals surface area contributed by atoms with Gasteiger partial charge in [0.25, 0.3) is 0 Å². The maximum absolute atomic E-state index is 13.7. The van der Waals surface area contributed by atoms with E-state index in [9.17, 15) is 8.60 Å². The highest BCUT2D eigenvalue weighted by atomic mass is 32.2. The number of nitrogens with one attached hydrogen (secondary N) is 1. The molecule has 0 unspecified atom stereocenters. The third-order valence-electron chi connectivity index (χ3n) is 5.55. The highest BCUT2D eigenvalue weighted by Crippen LogP contribution is 2.40. The summed E-state index contributed by atoms with van der Waals surface area (Å²) in [7, 11) is -2.41. The molecule has 2 heterocycles. The van der Waals surface area contributed by atoms with Gasteiger partial charge >= 0.3 is 0 Å². The Morgan fingerprint density at radius 2 is 1.75 bits per heavy atom. The van der Waals surface area contributed by atoms with E-state index in [1.54, 1.807) is 18.3 Å². The van der Waals surface area contributed by atoms with Crippen LogP contribution in [0.25, 0.3) is 32.8 Å². The van der Waals surface area contributed by atoms with Crippen LogP contribution in [0.15, 0.2) is 47.0 Å². The predicted molar refractivity (Wildman–Crippen MR) is 131 cm³/mol. The molecule has 0 saturated carbocycles. The lowest BCUT2D eigenvalue weighted by Gasteiger charge is -2.18. The van der Waals surface area contributed by atoms with Crippen molar-refractivity contribution >= 4 is 37.2 Å². The first kappa shape index (κ1) is 22.4. The van der Waals surface area contributed by atoms with Crippen LogP contribution in [0, 0.1) is 5.82 Å². The lowest BCUT2D eigenvalue weighted by atomic mass is 9.92. The van der Waals surface area contributed by atoms with Crippen molar-refractivity contribution in [3.8, 4) is 11.1 Å². The lowest BCUT2D eigenvalue weighted by Crippen LogP contribution is -2.10. The molecule has 0 saturated heterocycles. The maximum atomic E-state index is 13.7. The number of hydrogen-bond donors (Lipinski definition) is 1. The van der Waals surface area contributed by atoms with E-state index in [1.165, 1.54) is 12.1 Å². The van der Waals surface area contributed by atoms with Crippen LogP contribution in [-0.4, -0.2) is 30.9 Å². The molecule has 2 aromatic carbocycles. The fourth-order valence-electron chi connectivity index (χ4n) is 4.15. The highest BCUT2D eigenvalue weighted by molar-refractivity contribution is 7.93. The van der Waals surface area contributed by atoms with E-state index >= 15 is 0 Å². The van der Waals surface area contributed by atoms with Crippen LogP contribution < -0.4 is 0 Å². The Morgan fingerprint density at radius 3 is 2.38 bits per heavy atom. The summed E-state index contributed by atoms with van der Waals surface area (Å²) in [5, 5.41) is 9.94. The average molecular weight is 453 g/mol. The summed E-state index contributed by atoms with van der Waals surface area (Å²) in [5.41, 5.74) is 3.58. The Labute approximate surface area is 188 Å². The number of fused-ring (bicyclic) bond motifs is 2. The van der Waals surface area contributed by atoms with Crippen molar-refractivity contribution in [2.24, 2.45) is 4.36 Å². The molecule has 7 heteroatoms. The van der Waals surface area contributed by atoms with Crippen LogP contribution in [-0.2, 0) is 9.73 Å². The van der Waals surface area contributed by atoms with Crippen LogP contribution in [0.4, 0.5) is 10.2 Å². The van der Waals surface area contributed by atoms with Crippen LogP contribution >= 0.6 is 0 Å². The molecule has 0 aliphatic carbocycles. The molecule has 0 aliphatic heterocycles. The molecular formula is C25H29FN4OS. The van der Waals surface area contributed by atoms with E-state index < -0.39 is 9.73 Å². The first-order chi connectivity index (χ1) is 15.3. The van der Waals surface area contributed by atoms with Crippen molar-refractivity contribution in [2.75, 3.05) is 11.5 Å². The summed E-state index contributed by atoms with van der Waals surface area (Å²) >= 11 is 0. The number of nitrogens with zero attached hydrogens (tertiary/aromatic N) is 3. The predicted octanol–water partition coefficient (Wildman–Crippen LogP) is 6.96. The highest BCUT2D eigenvalue weighted by Gasteiger charge is 2.20. The number of rotatable bonds is 7. The number of pyridine rings is 1. The molecule has 0 aliphatic rings. The van der Waals surface area contributed by atoms with Gasteiger partial charge in [0, 0.05) is 27.8 Å². The van der Waals surface area contributed by atoms with Gasteiger partial charge in [-0.3, -0.25) is 5.10 Å². The molecule has 168 valence electrons. The number of hydrogen-bond acceptors (Lipinski definition) is 4. The van der Waals surface area contributed by atoms with E-state index in [2.05, 4.69) is 30.1 Å². The SMILES string of the molecule is CCCS(=O)(CCC)=Nc1nc(C(C)C)c(-c2ccc(F)cc2)c2cc3cn[nH]c3cc12. The zero-order valence-electron chi connectivity index (χ0n) is 19.0. The van der Waals surface area contributed by atoms with Crippen molar-refractivity contribution in [1.29, 1.82) is 0 Å². The topological polar surface area (TPSA) is 71.0 Å². The minimum atomic E-state index is -2.41. The second kappa shape index (κ2) is 8.98. The molecule has 5 nitrogen and oxygen atoms in total. The number of halogens is 1. The summed E-state index contributed by atoms with van der Waals surface area (Å²) in [4.78, 5) is 4.97. The molecule has 1 N–H and O–H groups in total. The zero-order valence-corrected chi connectivity index (χ0v) is 19.8. The van der Waals surface area contributed by atoms with Gasteiger partial charge in [-0.1, -0.05) is 39.8 Å². The standard InChI is InChI=1S/C25H29FN4OS/c1-5-11-32(31,12-6-2)30-25-21-14-22-18(15-27-29-22)13-20(21)23(24(28-25)16(3)4)17-7-9-19(26)10-8-17/h7-10,13-16H,5-6,11-12H2,1-4H3,(H,27,29). The average Bonchev–Trinajstić information content (AvgIpc) is 3.21. The second-order valence-electron chi connectivity index (χ2n) is 8.48. The number of H-pyrrole nitrogens is 1. The van der Waals surface area contributed by atoms with Crippen molar-refractivity contribution in [2.45, 2.75) is 46.5 Å². The smallest absolute Gasteiger partial charge is 0.169 e. The van der Waals surface area contributed by atoms with Crippen molar-refractivity contribution in [3.05, 3.63) is 54.1 Å². The van der Waals surface area contributed by atoms with E-state index in [0.29, 0.717) is 17.3 Å². The molecule has 0 radical (unpaired) electrons. The first-order valence-electron chi connectivity index (χ1n) is 11.1. The normalized spacial score (nSPS) is 12.2. The van der Waals surface area contributed by atoms with Gasteiger partial charge in [0.15, 0.2) is 5.82 Å². The Morgan fingerprint density at radius 1 is 1.06 bits per heavy atom. The summed E-state index contributed by atoms with van der Waals surface area (Å²) in [5.74, 6) is 1.43. The first-order valence-corrected chi connectivity index (χ1v) is 13.0. The Kier molecular flexibility index (Phi) is 6.29. The van der Waals surface area contributed by atoms with Gasteiger partial charge in [-0.15, -0.1) is 0 Å². The number of aromatic amines is 1. The summed E-state index contributed by atoms with van der Waals surface area (Å²) in [6.45, 7) is 8.22. The molecule has 32 heavy (non-hydrogen) atoms. The molecule has 4 rings (SSSR count). The van der Waals surface area contributed by atoms with Gasteiger partial charge in [-0.25, -0.2) is 13.6 Å². The molecular weight excluding hydrogens is 423 g/mol. The van der Waals surface area contributed by atoms with Crippen LogP contribution in [0.2, 0.25) is 0 Å². The van der Waals surface area contributed by atoms with E-state index in [0.717, 1.165) is 51.3 Å². The zero-order chi connectivity index (χ0) is 22.9. The fraction of sp³-hybridized carbons (Fsp3) is 0.360. The summed E-state index contributed by atoms with van der Waals surface area (Å²) in [6.07, 6.45) is 3.39. The van der Waals surface area contributed by atoms with Gasteiger partial charge in [0.05, 0.1) is 27.1 Å². The molecule has 2 aromatic heterocycles. The van der Waals surface area contributed by atoms with Crippen molar-refractivity contribution in [1.82, 2.24) is 15.2 Å². The number of benzene rings is 2. The lowest BCUT2D eigenvalue weighted by molar-refractivity contribution is 0.628. The quantitative estimate of drug-likeness (QED) is 0.329. The molecule has 4 aromatic rings. The maximum Gasteiger partial charge on any atom is 0.169 e. The third kappa shape index (κ3) is 4.26. The summed E-state index contributed by atoms with van der Waals surface area (Å²) < 4.78 is 32.1. The third-order valence-corrected chi connectivity index (χ3v) is 8.15. The molecule has 0 bridgehead atoms. The van der Waals surface area contributed by atoms with Gasteiger partial charge in [-0.2, -0.15) is 9.46 Å². The largest absolute Gasteiger partial charge is 0.278 e. The second-order valence-corrected chi connectivity index (χ2v) is 11.0. The Balaban J connectivity index is 2.13. The van der Waals surface area contributed by atoms with Crippen molar-refractivity contribution < 1.29 is 8.60 Å². The van der Waals surface area contributed by atoms with E-state index in [4.69, 9.17) is 9.35 Å². The van der Waals surface area contributed by atoms with E-state index in [-0.39, 0.29) is 11.7 Å². The van der Waals surface area contributed by atoms with Crippen LogP contribution in [0.1, 0.15) is 52.1 Å². The van der Waals surface area contributed by atoms with Gasteiger partial charge in [0.2, 0.25) is 0 Å². The van der Waals surface area contributed by atoms with Gasteiger partial charge in [0.1, 0.15) is 5.82 Å². The molecule has 0 atom stereocenters. The fourth-order valence-corrected chi connectivity index (χ4v) is 6.26. The Bertz CT molecular complexity index is 1370. The van der Waals surface area contributed by atoms with Gasteiger partial charge < -0.3 is 0 Å². The summed E-state index contributed by atoms with van der Waals surface area (Å²) in [6, 6.07) is 10.6. The van der Waals surface area contributed by atoms with E-state index in [1.807, 2.05) is 19.9 Å². The van der Waals surface area contributed by atoms with Gasteiger partial charge in [-0.05, 0) is 54.0 Å².